The van der Waals surface area contributed by atoms with Crippen molar-refractivity contribution < 1.29 is 98.1 Å². The first-order chi connectivity index (χ1) is 34.2. The Balaban J connectivity index is 0.000000320. The van der Waals surface area contributed by atoms with Crippen LogP contribution in [0.2, 0.25) is 0 Å². The predicted octanol–water partition coefficient (Wildman–Crippen LogP) is 1.88. The summed E-state index contributed by atoms with van der Waals surface area (Å²) in [6.45, 7) is 0.223. The standard InChI is InChI=1S/C25H35F2N6O6P.C18H24F2N7O4P.Na/c1-2-3-4-5-6-7-8-9-24(34)37-12-13-38-40(35,36)39-25(15-32-19-28-17-30-32,16-33-20-29-18-31-33)22-11-10-21(26)14-23(22)27;1-27(2,3)6-7-30-32(28,29)31-18(9-25-13-21-11-23-25,10-26-14-22-12-24-26)16-5-4-15(19)8-17(16)20;/h10-11,14,17-20H,2-9,12-13,15-16H2,1H3,(H,35,36);4-5,8,11-14H,6-7,9-10H2,1-3H3;/q;;+1/p-1. The summed E-state index contributed by atoms with van der Waals surface area (Å²) >= 11 is 0. The Morgan fingerprint density at radius 1 is 0.603 bits per heavy atom. The van der Waals surface area contributed by atoms with Crippen molar-refractivity contribution in [1.82, 2.24) is 59.1 Å². The van der Waals surface area contributed by atoms with Crippen LogP contribution in [0.25, 0.3) is 0 Å². The first-order valence-electron chi connectivity index (χ1n) is 22.7. The number of nitrogens with zero attached hydrogens (tertiary/aromatic N) is 13. The van der Waals surface area contributed by atoms with Gasteiger partial charge in [-0.1, -0.05) is 57.6 Å². The number of hydrogen-bond donors (Lipinski definition) is 0. The van der Waals surface area contributed by atoms with Crippen LogP contribution >= 0.6 is 15.6 Å². The average Bonchev–Trinajstić information content (AvgIpc) is 4.16. The molecule has 0 bridgehead atoms. The van der Waals surface area contributed by atoms with E-state index < -0.39 is 62.7 Å². The minimum atomic E-state index is -5.17. The number of benzene rings is 2. The Bertz CT molecular complexity index is 2570. The Labute approximate surface area is 441 Å². The van der Waals surface area contributed by atoms with E-state index in [0.717, 1.165) is 43.5 Å². The molecule has 0 saturated carbocycles. The van der Waals surface area contributed by atoms with E-state index in [2.05, 4.69) is 47.3 Å². The second kappa shape index (κ2) is 28.9. The number of phosphoric acid groups is 2. The van der Waals surface area contributed by atoms with Crippen molar-refractivity contribution in [2.24, 2.45) is 0 Å². The third-order valence-corrected chi connectivity index (χ3v) is 12.7. The molecule has 0 spiro atoms. The molecule has 4 heterocycles. The molecular formula is C43H58F4N13NaO10P2. The summed E-state index contributed by atoms with van der Waals surface area (Å²) in [6.07, 6.45) is 17.6. The fourth-order valence-electron chi connectivity index (χ4n) is 7.19. The number of halogens is 4. The summed E-state index contributed by atoms with van der Waals surface area (Å²) in [5.41, 5.74) is -4.49. The van der Waals surface area contributed by atoms with E-state index in [-0.39, 0.29) is 86.5 Å². The Kier molecular flexibility index (Phi) is 24.1. The second-order valence-electron chi connectivity index (χ2n) is 17.5. The SMILES string of the molecule is CCCCCCCCCC(=O)OCCOP(=O)([O-])OC(Cn1cncn1)(Cn1cncn1)c1ccc(F)cc1F.C[N+](C)(C)CCOP(=O)([O-])OC(Cn1cncn1)(Cn1cncn1)c1ccc(F)cc1F.[Na+]. The molecule has 0 fully saturated rings. The van der Waals surface area contributed by atoms with Crippen molar-refractivity contribution in [2.75, 3.05) is 47.5 Å². The molecular weight excluding hydrogens is 1020 g/mol. The number of quaternary nitrogens is 1. The normalized spacial score (nSPS) is 13.6. The van der Waals surface area contributed by atoms with Gasteiger partial charge in [-0.2, -0.15) is 20.4 Å². The molecule has 0 aliphatic rings. The third-order valence-electron chi connectivity index (χ3n) is 10.5. The maximum absolute atomic E-state index is 15.1. The number of carbonyl (C=O) groups is 1. The van der Waals surface area contributed by atoms with Crippen molar-refractivity contribution in [3.63, 3.8) is 0 Å². The molecule has 23 nitrogen and oxygen atoms in total. The minimum absolute atomic E-state index is 0. The van der Waals surface area contributed by atoms with Crippen LogP contribution in [0, 0.1) is 23.3 Å². The summed E-state index contributed by atoms with van der Waals surface area (Å²) < 4.78 is 115. The molecule has 0 saturated heterocycles. The van der Waals surface area contributed by atoms with E-state index in [9.17, 15) is 36.9 Å². The van der Waals surface area contributed by atoms with Gasteiger partial charge in [-0.05, 0) is 18.6 Å². The van der Waals surface area contributed by atoms with Crippen LogP contribution in [0.4, 0.5) is 17.6 Å². The van der Waals surface area contributed by atoms with E-state index in [4.69, 9.17) is 22.8 Å². The molecule has 6 rings (SSSR count). The van der Waals surface area contributed by atoms with E-state index in [1.54, 1.807) is 0 Å². The number of phosphoric ester groups is 2. The zero-order chi connectivity index (χ0) is 52.3. The van der Waals surface area contributed by atoms with Crippen LogP contribution in [0.5, 0.6) is 0 Å². The van der Waals surface area contributed by atoms with Crippen molar-refractivity contribution >= 4 is 21.6 Å². The van der Waals surface area contributed by atoms with Gasteiger partial charge in [0.05, 0.1) is 53.9 Å². The topological polar surface area (TPSA) is 266 Å². The van der Waals surface area contributed by atoms with Gasteiger partial charge < -0.3 is 37.1 Å². The number of rotatable bonds is 30. The summed E-state index contributed by atoms with van der Waals surface area (Å²) in [5.74, 6) is -4.21. The first kappa shape index (κ1) is 60.9. The van der Waals surface area contributed by atoms with Gasteiger partial charge in [-0.15, -0.1) is 0 Å². The largest absolute Gasteiger partial charge is 1.00 e. The van der Waals surface area contributed by atoms with Gasteiger partial charge in [0.25, 0.3) is 15.6 Å². The molecule has 2 aromatic carbocycles. The number of hydrogen-bond acceptors (Lipinski definition) is 18. The van der Waals surface area contributed by atoms with Gasteiger partial charge in [0, 0.05) is 29.7 Å². The van der Waals surface area contributed by atoms with Crippen LogP contribution in [-0.4, -0.2) is 117 Å². The maximum Gasteiger partial charge on any atom is 1.00 e. The third kappa shape index (κ3) is 20.5. The Hall–Kier alpha value is -4.63. The fraction of sp³-hybridized carbons (Fsp3) is 0.512. The van der Waals surface area contributed by atoms with Crippen LogP contribution in [0.15, 0.2) is 87.0 Å². The minimum Gasteiger partial charge on any atom is -0.756 e. The number of aromatic nitrogens is 12. The van der Waals surface area contributed by atoms with Crippen molar-refractivity contribution in [1.29, 1.82) is 0 Å². The van der Waals surface area contributed by atoms with Crippen molar-refractivity contribution in [3.05, 3.63) is 121 Å². The molecule has 2 atom stereocenters. The van der Waals surface area contributed by atoms with Crippen LogP contribution < -0.4 is 39.3 Å². The predicted molar refractivity (Wildman–Crippen MR) is 242 cm³/mol. The number of likely N-dealkylation sites (N-methyl/N-ethyl adjacent to an activating group) is 1. The van der Waals surface area contributed by atoms with Gasteiger partial charge >= 0.3 is 35.5 Å². The quantitative estimate of drug-likeness (QED) is 0.0156. The number of esters is 1. The summed E-state index contributed by atoms with van der Waals surface area (Å²) in [5, 5.41) is 15.9. The fourth-order valence-corrected chi connectivity index (χ4v) is 9.18. The zero-order valence-electron chi connectivity index (χ0n) is 41.2. The summed E-state index contributed by atoms with van der Waals surface area (Å²) in [7, 11) is -4.54. The molecule has 0 N–H and O–H groups in total. The summed E-state index contributed by atoms with van der Waals surface area (Å²) in [6, 6.07) is 5.42. The molecule has 73 heavy (non-hydrogen) atoms. The monoisotopic (exact) mass is 1080 g/mol. The Morgan fingerprint density at radius 3 is 1.34 bits per heavy atom. The first-order valence-corrected chi connectivity index (χ1v) is 25.6. The molecule has 0 radical (unpaired) electrons. The zero-order valence-corrected chi connectivity index (χ0v) is 45.0. The molecule has 0 amide bonds. The van der Waals surface area contributed by atoms with E-state index in [0.29, 0.717) is 29.6 Å². The molecule has 4 aromatic heterocycles. The number of unbranched alkanes of at least 4 members (excludes halogenated alkanes) is 6. The van der Waals surface area contributed by atoms with Gasteiger partial charge in [0.2, 0.25) is 0 Å². The number of ether oxygens (including phenoxy) is 1. The van der Waals surface area contributed by atoms with Gasteiger partial charge in [0.1, 0.15) is 105 Å². The molecule has 2 unspecified atom stereocenters. The van der Waals surface area contributed by atoms with Crippen molar-refractivity contribution in [2.45, 2.75) is 95.7 Å². The van der Waals surface area contributed by atoms with E-state index >= 15 is 4.39 Å². The van der Waals surface area contributed by atoms with Crippen LogP contribution in [-0.2, 0) is 74.1 Å². The van der Waals surface area contributed by atoms with Gasteiger partial charge in [-0.3, -0.25) is 13.9 Å². The van der Waals surface area contributed by atoms with E-state index in [1.165, 1.54) is 88.6 Å². The van der Waals surface area contributed by atoms with Gasteiger partial charge in [0.15, 0.2) is 0 Å². The maximum atomic E-state index is 15.1. The number of carbonyl (C=O) groups excluding carboxylic acids is 1. The smallest absolute Gasteiger partial charge is 0.756 e. The van der Waals surface area contributed by atoms with Crippen LogP contribution in [0.1, 0.15) is 69.4 Å². The molecule has 394 valence electrons. The molecule has 30 heteroatoms. The van der Waals surface area contributed by atoms with E-state index in [1.807, 2.05) is 21.1 Å². The van der Waals surface area contributed by atoms with Crippen molar-refractivity contribution in [3.8, 4) is 0 Å². The van der Waals surface area contributed by atoms with Gasteiger partial charge in [-0.25, -0.2) is 56.2 Å². The molecule has 6 aromatic rings. The Morgan fingerprint density at radius 2 is 0.986 bits per heavy atom. The van der Waals surface area contributed by atoms with Crippen LogP contribution in [0.3, 0.4) is 0 Å². The average molecular weight is 1080 g/mol. The summed E-state index contributed by atoms with van der Waals surface area (Å²) in [4.78, 5) is 53.1. The second-order valence-corrected chi connectivity index (χ2v) is 20.1. The molecule has 0 aliphatic heterocycles. The molecule has 0 aliphatic carbocycles.